The molecular formula is C15H18N4O4S2. The Morgan fingerprint density at radius 3 is 3.00 bits per heavy atom. The van der Waals surface area contributed by atoms with Gasteiger partial charge in [-0.25, -0.2) is 13.2 Å². The maximum absolute atomic E-state index is 12.3. The van der Waals surface area contributed by atoms with E-state index in [0.717, 1.165) is 12.8 Å². The van der Waals surface area contributed by atoms with E-state index in [2.05, 4.69) is 20.8 Å². The number of hydrogen-bond donors (Lipinski definition) is 2. The van der Waals surface area contributed by atoms with Crippen LogP contribution in [0.4, 0.5) is 4.79 Å². The molecule has 0 aromatic carbocycles. The van der Waals surface area contributed by atoms with Crippen molar-refractivity contribution in [2.24, 2.45) is 0 Å². The van der Waals surface area contributed by atoms with E-state index < -0.39 is 15.1 Å². The molecular weight excluding hydrogens is 364 g/mol. The topological polar surface area (TPSA) is 114 Å². The third kappa shape index (κ3) is 3.15. The molecule has 0 unspecified atom stereocenters. The van der Waals surface area contributed by atoms with E-state index in [9.17, 15) is 13.2 Å². The molecule has 1 saturated carbocycles. The Morgan fingerprint density at radius 2 is 2.24 bits per heavy atom. The molecule has 10 heteroatoms. The van der Waals surface area contributed by atoms with E-state index in [1.165, 1.54) is 11.3 Å². The van der Waals surface area contributed by atoms with Gasteiger partial charge in [0, 0.05) is 11.5 Å². The molecule has 2 aromatic heterocycles. The second kappa shape index (κ2) is 6.10. The highest BCUT2D eigenvalue weighted by Gasteiger charge is 2.38. The molecule has 4 rings (SSSR count). The van der Waals surface area contributed by atoms with Gasteiger partial charge < -0.3 is 15.2 Å². The van der Waals surface area contributed by atoms with Gasteiger partial charge in [-0.1, -0.05) is 5.16 Å². The second-order valence-electron chi connectivity index (χ2n) is 6.46. The summed E-state index contributed by atoms with van der Waals surface area (Å²) in [6.07, 6.45) is 2.50. The first kappa shape index (κ1) is 16.5. The van der Waals surface area contributed by atoms with Crippen molar-refractivity contribution >= 4 is 27.2 Å². The summed E-state index contributed by atoms with van der Waals surface area (Å²) < 4.78 is 30.1. The van der Waals surface area contributed by atoms with Crippen LogP contribution >= 0.6 is 11.3 Å². The summed E-state index contributed by atoms with van der Waals surface area (Å²) in [5.74, 6) is 1.44. The first-order valence-electron chi connectivity index (χ1n) is 8.13. The zero-order valence-electron chi connectivity index (χ0n) is 13.6. The molecule has 2 N–H and O–H groups in total. The van der Waals surface area contributed by atoms with Gasteiger partial charge in [-0.05, 0) is 37.6 Å². The number of hydrogen-bond acceptors (Lipinski definition) is 7. The average molecular weight is 382 g/mol. The van der Waals surface area contributed by atoms with Crippen LogP contribution in [0.25, 0.3) is 0 Å². The quantitative estimate of drug-likeness (QED) is 0.837. The lowest BCUT2D eigenvalue weighted by Crippen LogP contribution is -2.41. The number of fused-ring (bicyclic) bond motifs is 1. The van der Waals surface area contributed by atoms with Crippen molar-refractivity contribution in [2.75, 3.05) is 0 Å². The number of sulfone groups is 1. The molecule has 1 fully saturated rings. The zero-order valence-corrected chi connectivity index (χ0v) is 15.2. The van der Waals surface area contributed by atoms with Gasteiger partial charge in [0.1, 0.15) is 4.21 Å². The molecule has 2 aromatic rings. The van der Waals surface area contributed by atoms with Crippen LogP contribution in [-0.4, -0.2) is 29.8 Å². The number of nitrogens with zero attached hydrogens (tertiary/aromatic N) is 2. The Morgan fingerprint density at radius 1 is 1.44 bits per heavy atom. The van der Waals surface area contributed by atoms with Crippen LogP contribution in [0.15, 0.2) is 20.2 Å². The maximum Gasteiger partial charge on any atom is 0.315 e. The predicted octanol–water partition coefficient (Wildman–Crippen LogP) is 2.11. The molecule has 8 nitrogen and oxygen atoms in total. The highest BCUT2D eigenvalue weighted by Crippen LogP contribution is 2.40. The highest BCUT2D eigenvalue weighted by atomic mass is 32.2. The highest BCUT2D eigenvalue weighted by molar-refractivity contribution is 7.94. The minimum atomic E-state index is -3.29. The van der Waals surface area contributed by atoms with Crippen LogP contribution in [0.3, 0.4) is 0 Å². The monoisotopic (exact) mass is 382 g/mol. The van der Waals surface area contributed by atoms with Crippen molar-refractivity contribution < 1.29 is 17.7 Å². The normalized spacial score (nSPS) is 24.5. The summed E-state index contributed by atoms with van der Waals surface area (Å²) in [4.78, 5) is 16.4. The van der Waals surface area contributed by atoms with Crippen LogP contribution in [0, 0.1) is 0 Å². The van der Waals surface area contributed by atoms with E-state index in [1.54, 1.807) is 18.4 Å². The Labute approximate surface area is 148 Å². The molecule has 25 heavy (non-hydrogen) atoms. The molecule has 2 amide bonds. The molecule has 2 atom stereocenters. The van der Waals surface area contributed by atoms with Gasteiger partial charge in [-0.15, -0.1) is 11.3 Å². The summed E-state index contributed by atoms with van der Waals surface area (Å²) in [7, 11) is -3.29. The van der Waals surface area contributed by atoms with E-state index in [4.69, 9.17) is 4.52 Å². The van der Waals surface area contributed by atoms with Crippen LogP contribution in [-0.2, 0) is 16.4 Å². The predicted molar refractivity (Wildman–Crippen MR) is 90.0 cm³/mol. The number of thiophene rings is 1. The first-order chi connectivity index (χ1) is 11.9. The van der Waals surface area contributed by atoms with Gasteiger partial charge in [0.15, 0.2) is 15.7 Å². The number of carbonyl (C=O) groups is 1. The van der Waals surface area contributed by atoms with E-state index in [0.29, 0.717) is 33.8 Å². The largest absolute Gasteiger partial charge is 0.339 e. The maximum atomic E-state index is 12.3. The lowest BCUT2D eigenvalue weighted by Gasteiger charge is -2.27. The number of nitrogens with one attached hydrogen (secondary N) is 2. The summed E-state index contributed by atoms with van der Waals surface area (Å²) in [6, 6.07) is 1.05. The minimum absolute atomic E-state index is 0.166. The standard InChI is InChI=1S/C15H18N4O4S2/c1-8-6-11(10-4-5-24-14(10)25(8,21)22)17-15(20)16-7-12-18-13(23-19-12)9-2-3-9/h4-5,8-9,11H,2-3,6-7H2,1H3,(H2,16,17,20)/t8-,11-/m0/s1. The van der Waals surface area contributed by atoms with Gasteiger partial charge >= 0.3 is 6.03 Å². The zero-order chi connectivity index (χ0) is 17.6. The van der Waals surface area contributed by atoms with Gasteiger partial charge in [0.05, 0.1) is 17.8 Å². The Kier molecular flexibility index (Phi) is 4.03. The smallest absolute Gasteiger partial charge is 0.315 e. The molecule has 3 heterocycles. The molecule has 1 aliphatic heterocycles. The lowest BCUT2D eigenvalue weighted by molar-refractivity contribution is 0.235. The van der Waals surface area contributed by atoms with Gasteiger partial charge in [0.25, 0.3) is 0 Å². The molecule has 0 spiro atoms. The van der Waals surface area contributed by atoms with E-state index >= 15 is 0 Å². The fourth-order valence-corrected chi connectivity index (χ4v) is 6.13. The molecule has 0 saturated heterocycles. The summed E-state index contributed by atoms with van der Waals surface area (Å²) >= 11 is 1.20. The van der Waals surface area contributed by atoms with E-state index in [-0.39, 0.29) is 18.6 Å². The second-order valence-corrected chi connectivity index (χ2v) is 9.93. The minimum Gasteiger partial charge on any atom is -0.339 e. The summed E-state index contributed by atoms with van der Waals surface area (Å²) in [6.45, 7) is 1.84. The van der Waals surface area contributed by atoms with Crippen LogP contribution < -0.4 is 10.6 Å². The third-order valence-corrected chi connectivity index (χ3v) is 8.22. The van der Waals surface area contributed by atoms with Crippen molar-refractivity contribution in [1.82, 2.24) is 20.8 Å². The number of urea groups is 1. The summed E-state index contributed by atoms with van der Waals surface area (Å²) in [5, 5.41) is 10.6. The fraction of sp³-hybridized carbons (Fsp3) is 0.533. The first-order valence-corrected chi connectivity index (χ1v) is 10.6. The van der Waals surface area contributed by atoms with Crippen LogP contribution in [0.5, 0.6) is 0 Å². The van der Waals surface area contributed by atoms with Gasteiger partial charge in [-0.3, -0.25) is 0 Å². The number of amides is 2. The molecule has 0 radical (unpaired) electrons. The SMILES string of the molecule is C[C@H]1C[C@H](NC(=O)NCc2noc(C3CC3)n2)c2ccsc2S1(=O)=O. The number of rotatable bonds is 4. The van der Waals surface area contributed by atoms with E-state index in [1.807, 2.05) is 0 Å². The third-order valence-electron chi connectivity index (χ3n) is 4.51. The molecule has 134 valence electrons. The molecule has 1 aliphatic carbocycles. The van der Waals surface area contributed by atoms with Crippen LogP contribution in [0.1, 0.15) is 55.4 Å². The molecule has 2 aliphatic rings. The lowest BCUT2D eigenvalue weighted by atomic mass is 10.1. The average Bonchev–Trinajstić information content (AvgIpc) is 3.11. The van der Waals surface area contributed by atoms with Crippen molar-refractivity contribution in [3.63, 3.8) is 0 Å². The van der Waals surface area contributed by atoms with Gasteiger partial charge in [0.2, 0.25) is 5.89 Å². The Bertz CT molecular complexity index is 900. The van der Waals surface area contributed by atoms with Gasteiger partial charge in [-0.2, -0.15) is 4.98 Å². The number of carbonyl (C=O) groups excluding carboxylic acids is 1. The molecule has 0 bridgehead atoms. The number of aromatic nitrogens is 2. The van der Waals surface area contributed by atoms with Crippen molar-refractivity contribution in [2.45, 2.75) is 54.1 Å². The van der Waals surface area contributed by atoms with Crippen LogP contribution in [0.2, 0.25) is 0 Å². The Balaban J connectivity index is 1.39. The van der Waals surface area contributed by atoms with Crippen molar-refractivity contribution in [1.29, 1.82) is 0 Å². The summed E-state index contributed by atoms with van der Waals surface area (Å²) in [5.41, 5.74) is 0.661. The Hall–Kier alpha value is -1.94. The van der Waals surface area contributed by atoms with Crippen molar-refractivity contribution in [3.05, 3.63) is 28.7 Å². The fourth-order valence-electron chi connectivity index (χ4n) is 2.90. The van der Waals surface area contributed by atoms with Crippen molar-refractivity contribution in [3.8, 4) is 0 Å².